The highest BCUT2D eigenvalue weighted by Gasteiger charge is 2.34. The van der Waals surface area contributed by atoms with Gasteiger partial charge in [0, 0.05) is 42.3 Å². The van der Waals surface area contributed by atoms with Crippen LogP contribution in [0.2, 0.25) is 0 Å². The minimum Gasteiger partial charge on any atom is -0.405 e. The Kier molecular flexibility index (Phi) is 10.4. The van der Waals surface area contributed by atoms with Crippen molar-refractivity contribution in [2.45, 2.75) is 25.7 Å². The molecule has 1 aliphatic heterocycles. The molecule has 1 N–H and O–H groups in total. The molecular formula is C16H22BrCl2F3N2O. The number of rotatable bonds is 5. The van der Waals surface area contributed by atoms with Gasteiger partial charge in [0.05, 0.1) is 0 Å². The minimum absolute atomic E-state index is 0. The monoisotopic (exact) mass is 464 g/mol. The first-order chi connectivity index (χ1) is 10.8. The van der Waals surface area contributed by atoms with Gasteiger partial charge >= 0.3 is 6.36 Å². The van der Waals surface area contributed by atoms with Crippen LogP contribution in [0.3, 0.4) is 0 Å². The van der Waals surface area contributed by atoms with E-state index in [0.717, 1.165) is 36.2 Å². The highest BCUT2D eigenvalue weighted by molar-refractivity contribution is 9.10. The van der Waals surface area contributed by atoms with Crippen LogP contribution in [0.1, 0.15) is 24.9 Å². The van der Waals surface area contributed by atoms with Crippen molar-refractivity contribution in [1.29, 1.82) is 0 Å². The third-order valence-corrected chi connectivity index (χ3v) is 4.18. The maximum Gasteiger partial charge on any atom is 0.573 e. The first kappa shape index (κ1) is 24.5. The molecule has 1 fully saturated rings. The Bertz CT molecular complexity index is 567. The molecule has 25 heavy (non-hydrogen) atoms. The first-order valence-electron chi connectivity index (χ1n) is 7.40. The highest BCUT2D eigenvalue weighted by Crippen LogP contribution is 2.38. The SMILES string of the molecule is C=C(C)C[C@H](c1cc(Br)ccc1OC(F)(F)F)N1CCNCC1.Cl.Cl. The van der Waals surface area contributed by atoms with Gasteiger partial charge in [0.15, 0.2) is 0 Å². The topological polar surface area (TPSA) is 24.5 Å². The van der Waals surface area contributed by atoms with E-state index < -0.39 is 6.36 Å². The van der Waals surface area contributed by atoms with E-state index >= 15 is 0 Å². The molecule has 1 aromatic carbocycles. The smallest absolute Gasteiger partial charge is 0.405 e. The van der Waals surface area contributed by atoms with Gasteiger partial charge in [0.25, 0.3) is 0 Å². The lowest BCUT2D eigenvalue weighted by Gasteiger charge is -2.36. The predicted octanol–water partition coefficient (Wildman–Crippen LogP) is 5.10. The molecule has 0 aromatic heterocycles. The van der Waals surface area contributed by atoms with Crippen molar-refractivity contribution in [1.82, 2.24) is 10.2 Å². The van der Waals surface area contributed by atoms with Crippen LogP contribution in [-0.2, 0) is 0 Å². The summed E-state index contributed by atoms with van der Waals surface area (Å²) in [7, 11) is 0. The molecule has 0 bridgehead atoms. The van der Waals surface area contributed by atoms with Crippen molar-refractivity contribution >= 4 is 40.7 Å². The summed E-state index contributed by atoms with van der Waals surface area (Å²) < 4.78 is 43.1. The van der Waals surface area contributed by atoms with Crippen LogP contribution in [0, 0.1) is 0 Å². The molecular weight excluding hydrogens is 444 g/mol. The number of ether oxygens (including phenoxy) is 1. The largest absolute Gasteiger partial charge is 0.573 e. The van der Waals surface area contributed by atoms with E-state index in [-0.39, 0.29) is 36.6 Å². The summed E-state index contributed by atoms with van der Waals surface area (Å²) in [4.78, 5) is 2.18. The Morgan fingerprint density at radius 2 is 1.92 bits per heavy atom. The molecule has 1 atom stereocenters. The molecule has 3 nitrogen and oxygen atoms in total. The quantitative estimate of drug-likeness (QED) is 0.612. The Balaban J connectivity index is 0.00000288. The summed E-state index contributed by atoms with van der Waals surface area (Å²) in [5.41, 5.74) is 1.45. The zero-order valence-electron chi connectivity index (χ0n) is 13.7. The summed E-state index contributed by atoms with van der Waals surface area (Å²) in [6.45, 7) is 8.99. The average molecular weight is 466 g/mol. The molecule has 1 heterocycles. The Morgan fingerprint density at radius 3 is 2.44 bits per heavy atom. The number of benzene rings is 1. The number of nitrogens with one attached hydrogen (secondary N) is 1. The van der Waals surface area contributed by atoms with Crippen molar-refractivity contribution in [3.05, 3.63) is 40.4 Å². The molecule has 0 radical (unpaired) electrons. The number of piperazine rings is 1. The number of nitrogens with zero attached hydrogens (tertiary/aromatic N) is 1. The van der Waals surface area contributed by atoms with Gasteiger partial charge in [-0.1, -0.05) is 21.5 Å². The summed E-state index contributed by atoms with van der Waals surface area (Å²) in [5.74, 6) is -0.148. The van der Waals surface area contributed by atoms with E-state index in [0.29, 0.717) is 12.0 Å². The van der Waals surface area contributed by atoms with Crippen LogP contribution in [0.4, 0.5) is 13.2 Å². The summed E-state index contributed by atoms with van der Waals surface area (Å²) in [6.07, 6.45) is -4.12. The molecule has 2 rings (SSSR count). The summed E-state index contributed by atoms with van der Waals surface area (Å²) in [6, 6.07) is 4.43. The number of hydrogen-bond donors (Lipinski definition) is 1. The standard InChI is InChI=1S/C16H20BrF3N2O.2ClH/c1-11(2)9-14(22-7-5-21-6-8-22)13-10-12(17)3-4-15(13)23-16(18,19)20;;/h3-4,10,14,21H,1,5-9H2,2H3;2*1H/t14-;;/m1../s1. The van der Waals surface area contributed by atoms with Gasteiger partial charge in [0.2, 0.25) is 0 Å². The van der Waals surface area contributed by atoms with Gasteiger partial charge in [-0.15, -0.1) is 44.6 Å². The molecule has 1 aliphatic rings. The number of hydrogen-bond acceptors (Lipinski definition) is 3. The van der Waals surface area contributed by atoms with Crippen molar-refractivity contribution in [3.63, 3.8) is 0 Å². The van der Waals surface area contributed by atoms with Crippen molar-refractivity contribution in [2.24, 2.45) is 0 Å². The van der Waals surface area contributed by atoms with Gasteiger partial charge in [-0.2, -0.15) is 0 Å². The molecule has 9 heteroatoms. The van der Waals surface area contributed by atoms with Crippen LogP contribution in [0.15, 0.2) is 34.8 Å². The molecule has 0 aliphatic carbocycles. The second-order valence-corrected chi connectivity index (χ2v) is 6.61. The molecule has 0 unspecified atom stereocenters. The molecule has 0 saturated carbocycles. The van der Waals surface area contributed by atoms with E-state index in [9.17, 15) is 13.2 Å². The molecule has 0 amide bonds. The maximum atomic E-state index is 12.7. The fourth-order valence-corrected chi connectivity index (χ4v) is 3.14. The highest BCUT2D eigenvalue weighted by atomic mass is 79.9. The van der Waals surface area contributed by atoms with Crippen molar-refractivity contribution < 1.29 is 17.9 Å². The second kappa shape index (κ2) is 10.6. The van der Waals surface area contributed by atoms with Crippen LogP contribution in [0.5, 0.6) is 5.75 Å². The lowest BCUT2D eigenvalue weighted by atomic mass is 9.97. The van der Waals surface area contributed by atoms with Crippen LogP contribution >= 0.6 is 40.7 Å². The Hall–Kier alpha value is -0.470. The van der Waals surface area contributed by atoms with Crippen LogP contribution in [-0.4, -0.2) is 37.4 Å². The third-order valence-electron chi connectivity index (χ3n) is 3.69. The first-order valence-corrected chi connectivity index (χ1v) is 8.20. The maximum absolute atomic E-state index is 12.7. The number of alkyl halides is 3. The Morgan fingerprint density at radius 1 is 1.32 bits per heavy atom. The van der Waals surface area contributed by atoms with Gasteiger partial charge in [-0.25, -0.2) is 0 Å². The van der Waals surface area contributed by atoms with Crippen molar-refractivity contribution in [3.8, 4) is 5.75 Å². The van der Waals surface area contributed by atoms with E-state index in [4.69, 9.17) is 0 Å². The van der Waals surface area contributed by atoms with E-state index in [2.05, 4.69) is 37.5 Å². The average Bonchev–Trinajstić information content (AvgIpc) is 2.46. The van der Waals surface area contributed by atoms with E-state index in [1.807, 2.05) is 6.92 Å². The normalized spacial score (nSPS) is 16.4. The second-order valence-electron chi connectivity index (χ2n) is 5.69. The summed E-state index contributed by atoms with van der Waals surface area (Å²) >= 11 is 3.34. The van der Waals surface area contributed by atoms with Gasteiger partial charge < -0.3 is 10.1 Å². The fourth-order valence-electron chi connectivity index (χ4n) is 2.76. The lowest BCUT2D eigenvalue weighted by Crippen LogP contribution is -2.45. The van der Waals surface area contributed by atoms with E-state index in [1.165, 1.54) is 6.07 Å². The minimum atomic E-state index is -4.71. The molecule has 1 aromatic rings. The van der Waals surface area contributed by atoms with Crippen molar-refractivity contribution in [2.75, 3.05) is 26.2 Å². The zero-order chi connectivity index (χ0) is 17.0. The van der Waals surface area contributed by atoms with E-state index in [1.54, 1.807) is 12.1 Å². The Labute approximate surface area is 166 Å². The zero-order valence-corrected chi connectivity index (χ0v) is 17.0. The fraction of sp³-hybridized carbons (Fsp3) is 0.500. The van der Waals surface area contributed by atoms with Gasteiger partial charge in [0.1, 0.15) is 5.75 Å². The van der Waals surface area contributed by atoms with Gasteiger partial charge in [-0.3, -0.25) is 4.90 Å². The summed E-state index contributed by atoms with van der Waals surface area (Å²) in [5, 5.41) is 3.25. The van der Waals surface area contributed by atoms with Crippen LogP contribution in [0.25, 0.3) is 0 Å². The molecule has 1 saturated heterocycles. The number of halogens is 6. The van der Waals surface area contributed by atoms with Crippen LogP contribution < -0.4 is 10.1 Å². The molecule has 0 spiro atoms. The molecule has 144 valence electrons. The third kappa shape index (κ3) is 7.74. The lowest BCUT2D eigenvalue weighted by molar-refractivity contribution is -0.275. The van der Waals surface area contributed by atoms with Gasteiger partial charge in [-0.05, 0) is 31.5 Å². The predicted molar refractivity (Wildman–Crippen MR) is 102 cm³/mol.